The van der Waals surface area contributed by atoms with Crippen LogP contribution in [-0.4, -0.2) is 19.7 Å². The molecule has 2 rings (SSSR count). The number of carbonyl (C=O) groups excluding carboxylic acids is 1. The third-order valence-electron chi connectivity index (χ3n) is 3.18. The van der Waals surface area contributed by atoms with E-state index in [1.54, 1.807) is 26.2 Å². The Kier molecular flexibility index (Phi) is 4.77. The van der Waals surface area contributed by atoms with Gasteiger partial charge in [-0.1, -0.05) is 30.8 Å². The lowest BCUT2D eigenvalue weighted by atomic mass is 9.98. The maximum atomic E-state index is 11.6. The number of esters is 1. The number of ether oxygens (including phenoxy) is 2. The summed E-state index contributed by atoms with van der Waals surface area (Å²) in [6.45, 7) is 6.27. The monoisotopic (exact) mass is 282 g/mol. The van der Waals surface area contributed by atoms with Crippen molar-refractivity contribution in [3.05, 3.63) is 71.8 Å². The van der Waals surface area contributed by atoms with Crippen LogP contribution in [0, 0.1) is 0 Å². The Hall–Kier alpha value is -2.55. The maximum Gasteiger partial charge on any atom is 0.338 e. The van der Waals surface area contributed by atoms with Crippen LogP contribution in [0.5, 0.6) is 5.75 Å². The zero-order valence-electron chi connectivity index (χ0n) is 12.3. The molecule has 3 nitrogen and oxygen atoms in total. The van der Waals surface area contributed by atoms with Gasteiger partial charge in [0.2, 0.25) is 0 Å². The molecule has 0 bridgehead atoms. The standard InChI is InChI=1S/C18H18O3/c1-4-21-18(19)16-7-5-14(6-8-16)13(2)15-9-11-17(20-3)12-10-15/h5-12H,2,4H2,1,3H3. The Morgan fingerprint density at radius 1 is 0.952 bits per heavy atom. The average molecular weight is 282 g/mol. The molecule has 0 amide bonds. The van der Waals surface area contributed by atoms with E-state index in [9.17, 15) is 4.79 Å². The van der Waals surface area contributed by atoms with Crippen LogP contribution < -0.4 is 4.74 Å². The van der Waals surface area contributed by atoms with E-state index in [4.69, 9.17) is 9.47 Å². The molecule has 0 atom stereocenters. The maximum absolute atomic E-state index is 11.6. The molecule has 0 unspecified atom stereocenters. The molecular weight excluding hydrogens is 264 g/mol. The summed E-state index contributed by atoms with van der Waals surface area (Å²) in [6, 6.07) is 15.0. The Bertz CT molecular complexity index is 625. The Balaban J connectivity index is 2.17. The number of hydrogen-bond donors (Lipinski definition) is 0. The van der Waals surface area contributed by atoms with E-state index >= 15 is 0 Å². The molecule has 108 valence electrons. The van der Waals surface area contributed by atoms with Crippen molar-refractivity contribution < 1.29 is 14.3 Å². The number of carbonyl (C=O) groups is 1. The quantitative estimate of drug-likeness (QED) is 0.779. The molecule has 0 aliphatic heterocycles. The molecule has 3 heteroatoms. The van der Waals surface area contributed by atoms with Crippen LogP contribution in [0.2, 0.25) is 0 Å². The van der Waals surface area contributed by atoms with E-state index in [0.29, 0.717) is 12.2 Å². The molecule has 21 heavy (non-hydrogen) atoms. The first-order valence-corrected chi connectivity index (χ1v) is 6.76. The zero-order valence-corrected chi connectivity index (χ0v) is 12.3. The van der Waals surface area contributed by atoms with E-state index in [-0.39, 0.29) is 5.97 Å². The second kappa shape index (κ2) is 6.75. The largest absolute Gasteiger partial charge is 0.497 e. The van der Waals surface area contributed by atoms with Gasteiger partial charge in [0, 0.05) is 0 Å². The normalized spacial score (nSPS) is 10.0. The summed E-state index contributed by atoms with van der Waals surface area (Å²) >= 11 is 0. The van der Waals surface area contributed by atoms with E-state index in [0.717, 1.165) is 22.4 Å². The van der Waals surface area contributed by atoms with Crippen molar-refractivity contribution >= 4 is 11.5 Å². The number of hydrogen-bond acceptors (Lipinski definition) is 3. The molecule has 0 N–H and O–H groups in total. The van der Waals surface area contributed by atoms with Gasteiger partial charge in [-0.2, -0.15) is 0 Å². The summed E-state index contributed by atoms with van der Waals surface area (Å²) in [5.74, 6) is 0.503. The summed E-state index contributed by atoms with van der Waals surface area (Å²) in [5, 5.41) is 0. The average Bonchev–Trinajstić information content (AvgIpc) is 2.54. The van der Waals surface area contributed by atoms with Crippen molar-refractivity contribution in [2.75, 3.05) is 13.7 Å². The third-order valence-corrected chi connectivity index (χ3v) is 3.18. The van der Waals surface area contributed by atoms with Crippen LogP contribution in [0.15, 0.2) is 55.1 Å². The van der Waals surface area contributed by atoms with Crippen molar-refractivity contribution in [3.8, 4) is 5.75 Å². The molecular formula is C18H18O3. The van der Waals surface area contributed by atoms with Crippen LogP contribution in [0.1, 0.15) is 28.4 Å². The lowest BCUT2D eigenvalue weighted by Crippen LogP contribution is -2.04. The number of benzene rings is 2. The van der Waals surface area contributed by atoms with Gasteiger partial charge in [0.1, 0.15) is 5.75 Å². The van der Waals surface area contributed by atoms with Gasteiger partial charge in [-0.15, -0.1) is 0 Å². The predicted octanol–water partition coefficient (Wildman–Crippen LogP) is 3.93. The molecule has 2 aromatic carbocycles. The molecule has 0 saturated heterocycles. The molecule has 0 fully saturated rings. The lowest BCUT2D eigenvalue weighted by molar-refractivity contribution is 0.0526. The van der Waals surface area contributed by atoms with Gasteiger partial charge < -0.3 is 9.47 Å². The molecule has 2 aromatic rings. The number of rotatable bonds is 5. The summed E-state index contributed by atoms with van der Waals surface area (Å²) in [6.07, 6.45) is 0. The summed E-state index contributed by atoms with van der Waals surface area (Å²) < 4.78 is 10.1. The Morgan fingerprint density at radius 2 is 1.43 bits per heavy atom. The van der Waals surface area contributed by atoms with E-state index in [2.05, 4.69) is 6.58 Å². The molecule has 0 aliphatic carbocycles. The summed E-state index contributed by atoms with van der Waals surface area (Å²) in [5.41, 5.74) is 3.42. The fourth-order valence-electron chi connectivity index (χ4n) is 1.98. The highest BCUT2D eigenvalue weighted by molar-refractivity contribution is 5.90. The van der Waals surface area contributed by atoms with Gasteiger partial charge in [-0.05, 0) is 47.9 Å². The molecule has 0 heterocycles. The van der Waals surface area contributed by atoms with E-state index in [1.165, 1.54) is 0 Å². The number of methoxy groups -OCH3 is 1. The SMILES string of the molecule is C=C(c1ccc(OC)cc1)c1ccc(C(=O)OCC)cc1. The van der Waals surface area contributed by atoms with Crippen LogP contribution >= 0.6 is 0 Å². The Morgan fingerprint density at radius 3 is 1.90 bits per heavy atom. The Labute approximate surface area is 124 Å². The van der Waals surface area contributed by atoms with Crippen molar-refractivity contribution in [1.29, 1.82) is 0 Å². The summed E-state index contributed by atoms with van der Waals surface area (Å²) in [4.78, 5) is 11.6. The molecule has 0 saturated carbocycles. The first-order valence-electron chi connectivity index (χ1n) is 6.76. The topological polar surface area (TPSA) is 35.5 Å². The van der Waals surface area contributed by atoms with Crippen molar-refractivity contribution in [1.82, 2.24) is 0 Å². The first-order chi connectivity index (χ1) is 10.2. The minimum Gasteiger partial charge on any atom is -0.497 e. The highest BCUT2D eigenvalue weighted by atomic mass is 16.5. The van der Waals surface area contributed by atoms with Gasteiger partial charge in [0.25, 0.3) is 0 Å². The van der Waals surface area contributed by atoms with Gasteiger partial charge in [-0.25, -0.2) is 4.79 Å². The van der Waals surface area contributed by atoms with Crippen LogP contribution in [0.3, 0.4) is 0 Å². The highest BCUT2D eigenvalue weighted by Crippen LogP contribution is 2.24. The zero-order chi connectivity index (χ0) is 15.2. The van der Waals surface area contributed by atoms with Crippen molar-refractivity contribution in [2.24, 2.45) is 0 Å². The summed E-state index contributed by atoms with van der Waals surface area (Å²) in [7, 11) is 1.64. The van der Waals surface area contributed by atoms with Crippen LogP contribution in [0.25, 0.3) is 5.57 Å². The fourth-order valence-corrected chi connectivity index (χ4v) is 1.98. The predicted molar refractivity (Wildman–Crippen MR) is 83.5 cm³/mol. The molecule has 0 aromatic heterocycles. The van der Waals surface area contributed by atoms with E-state index in [1.807, 2.05) is 36.4 Å². The van der Waals surface area contributed by atoms with Crippen LogP contribution in [0.4, 0.5) is 0 Å². The van der Waals surface area contributed by atoms with Gasteiger partial charge >= 0.3 is 5.97 Å². The van der Waals surface area contributed by atoms with Crippen molar-refractivity contribution in [2.45, 2.75) is 6.92 Å². The molecule has 0 radical (unpaired) electrons. The minimum absolute atomic E-state index is 0.306. The van der Waals surface area contributed by atoms with Crippen LogP contribution in [-0.2, 0) is 4.74 Å². The molecule has 0 spiro atoms. The van der Waals surface area contributed by atoms with E-state index < -0.39 is 0 Å². The molecule has 0 aliphatic rings. The second-order valence-corrected chi connectivity index (χ2v) is 4.50. The second-order valence-electron chi connectivity index (χ2n) is 4.50. The van der Waals surface area contributed by atoms with Gasteiger partial charge in [0.05, 0.1) is 19.3 Å². The van der Waals surface area contributed by atoms with Gasteiger partial charge in [0.15, 0.2) is 0 Å². The smallest absolute Gasteiger partial charge is 0.338 e. The third kappa shape index (κ3) is 3.51. The fraction of sp³-hybridized carbons (Fsp3) is 0.167. The first kappa shape index (κ1) is 14.9. The highest BCUT2D eigenvalue weighted by Gasteiger charge is 2.07. The van der Waals surface area contributed by atoms with Crippen molar-refractivity contribution in [3.63, 3.8) is 0 Å². The van der Waals surface area contributed by atoms with Gasteiger partial charge in [-0.3, -0.25) is 0 Å². The minimum atomic E-state index is -0.306. The lowest BCUT2D eigenvalue weighted by Gasteiger charge is -2.08.